The lowest BCUT2D eigenvalue weighted by molar-refractivity contribution is -0.139. The topological polar surface area (TPSA) is 63.8 Å². The van der Waals surface area contributed by atoms with Gasteiger partial charge in [-0.25, -0.2) is 0 Å². The van der Waals surface area contributed by atoms with Crippen LogP contribution in [0.3, 0.4) is 0 Å². The second-order valence-electron chi connectivity index (χ2n) is 11.9. The first kappa shape index (κ1) is 23.5. The van der Waals surface area contributed by atoms with Crippen molar-refractivity contribution in [3.8, 4) is 0 Å². The molecule has 1 saturated carbocycles. The van der Waals surface area contributed by atoms with Crippen LogP contribution in [0.5, 0.6) is 0 Å². The number of fused-ring (bicyclic) bond motifs is 3. The lowest BCUT2D eigenvalue weighted by Crippen LogP contribution is -2.64. The Morgan fingerprint density at radius 3 is 1.94 bits per heavy atom. The lowest BCUT2D eigenvalue weighted by atomic mass is 9.65. The molecule has 32 heavy (non-hydrogen) atoms. The first-order valence-corrected chi connectivity index (χ1v) is 13.5. The minimum Gasteiger partial charge on any atom is -0.380 e. The zero-order valence-corrected chi connectivity index (χ0v) is 20.5. The van der Waals surface area contributed by atoms with Crippen molar-refractivity contribution in [2.45, 2.75) is 63.1 Å². The van der Waals surface area contributed by atoms with Gasteiger partial charge in [0.1, 0.15) is 0 Å². The molecule has 7 heterocycles. The molecule has 0 aromatic rings. The maximum Gasteiger partial charge on any atom is 0.0569 e. The fourth-order valence-electron chi connectivity index (χ4n) is 6.43. The van der Waals surface area contributed by atoms with Gasteiger partial charge in [0.2, 0.25) is 0 Å². The maximum absolute atomic E-state index is 5.04. The van der Waals surface area contributed by atoms with E-state index < -0.39 is 0 Å². The van der Waals surface area contributed by atoms with Crippen LogP contribution in [0.2, 0.25) is 0 Å². The van der Waals surface area contributed by atoms with Gasteiger partial charge in [0.05, 0.1) is 13.2 Å². The number of piperazine rings is 2. The van der Waals surface area contributed by atoms with E-state index in [1.807, 2.05) is 0 Å². The summed E-state index contributed by atoms with van der Waals surface area (Å²) in [6, 6.07) is 2.56. The average Bonchev–Trinajstić information content (AvgIpc) is 3.27. The first-order valence-electron chi connectivity index (χ1n) is 13.5. The molecule has 7 heteroatoms. The Hall–Kier alpha value is -0.280. The highest BCUT2D eigenvalue weighted by Gasteiger charge is 2.43. The maximum atomic E-state index is 5.04. The van der Waals surface area contributed by atoms with Crippen LogP contribution in [0.4, 0.5) is 0 Å². The third kappa shape index (κ3) is 5.51. The molecule has 3 atom stereocenters. The number of nitrogens with zero attached hydrogens (tertiary/aromatic N) is 2. The van der Waals surface area contributed by atoms with Crippen molar-refractivity contribution in [3.05, 3.63) is 0 Å². The number of hydrogen-bond donors (Lipinski definition) is 4. The van der Waals surface area contributed by atoms with E-state index in [0.717, 1.165) is 36.8 Å². The molecule has 2 spiro atoms. The summed E-state index contributed by atoms with van der Waals surface area (Å²) in [6.45, 7) is 14.6. The number of likely N-dealkylation sites (tertiary alicyclic amines) is 1. The van der Waals surface area contributed by atoms with Gasteiger partial charge in [-0.1, -0.05) is 12.8 Å². The second-order valence-corrected chi connectivity index (χ2v) is 11.9. The summed E-state index contributed by atoms with van der Waals surface area (Å²) in [5.74, 6) is 0. The van der Waals surface area contributed by atoms with E-state index in [-0.39, 0.29) is 0 Å². The minimum atomic E-state index is 0.611. The predicted octanol–water partition coefficient (Wildman–Crippen LogP) is 0.473. The van der Waals surface area contributed by atoms with Gasteiger partial charge in [-0.05, 0) is 51.1 Å². The molecule has 184 valence electrons. The van der Waals surface area contributed by atoms with Gasteiger partial charge in [-0.2, -0.15) is 0 Å². The van der Waals surface area contributed by atoms with E-state index in [4.69, 9.17) is 4.74 Å². The summed E-state index contributed by atoms with van der Waals surface area (Å²) in [7, 11) is 2.21. The summed E-state index contributed by atoms with van der Waals surface area (Å²) in [6.07, 6.45) is 10.2. The molecule has 8 fully saturated rings. The van der Waals surface area contributed by atoms with Gasteiger partial charge >= 0.3 is 0 Å². The zero-order valence-electron chi connectivity index (χ0n) is 20.5. The van der Waals surface area contributed by atoms with E-state index in [1.54, 1.807) is 0 Å². The van der Waals surface area contributed by atoms with Gasteiger partial charge in [0.15, 0.2) is 0 Å². The molecule has 7 nitrogen and oxygen atoms in total. The van der Waals surface area contributed by atoms with E-state index in [2.05, 4.69) is 38.1 Å². The molecule has 0 aromatic heterocycles. The smallest absolute Gasteiger partial charge is 0.0569 e. The molecule has 4 N–H and O–H groups in total. The zero-order chi connectivity index (χ0) is 21.9. The van der Waals surface area contributed by atoms with Gasteiger partial charge in [-0.3, -0.25) is 4.90 Å². The lowest BCUT2D eigenvalue weighted by Gasteiger charge is -2.49. The van der Waals surface area contributed by atoms with Crippen molar-refractivity contribution >= 4 is 0 Å². The molecule has 1 aliphatic carbocycles. The van der Waals surface area contributed by atoms with Crippen LogP contribution in [0, 0.1) is 10.8 Å². The highest BCUT2D eigenvalue weighted by molar-refractivity contribution is 4.98. The second kappa shape index (κ2) is 10.5. The molecule has 7 aliphatic heterocycles. The van der Waals surface area contributed by atoms with E-state index in [9.17, 15) is 0 Å². The van der Waals surface area contributed by atoms with E-state index in [1.165, 1.54) is 110 Å². The number of likely N-dealkylation sites (N-methyl/N-ethyl adjacent to an activating group) is 1. The highest BCUT2D eigenvalue weighted by atomic mass is 16.5. The van der Waals surface area contributed by atoms with Crippen LogP contribution < -0.4 is 21.3 Å². The molecule has 3 unspecified atom stereocenters. The van der Waals surface area contributed by atoms with Gasteiger partial charge < -0.3 is 30.9 Å². The number of piperidine rings is 1. The summed E-state index contributed by atoms with van der Waals surface area (Å²) < 4.78 is 5.04. The number of nitrogens with one attached hydrogen (secondary N) is 4. The molecule has 8 aliphatic rings. The molecule has 8 rings (SSSR count). The quantitative estimate of drug-likeness (QED) is 0.430. The predicted molar refractivity (Wildman–Crippen MR) is 130 cm³/mol. The first-order chi connectivity index (χ1) is 15.7. The summed E-state index contributed by atoms with van der Waals surface area (Å²) in [5.41, 5.74) is 1.44. The summed E-state index contributed by atoms with van der Waals surface area (Å²) in [4.78, 5) is 5.08. The minimum absolute atomic E-state index is 0.611. The van der Waals surface area contributed by atoms with Crippen LogP contribution in [0.25, 0.3) is 0 Å². The number of hydrogen-bond acceptors (Lipinski definition) is 7. The van der Waals surface area contributed by atoms with Gasteiger partial charge in [0, 0.05) is 82.4 Å². The van der Waals surface area contributed by atoms with E-state index in [0.29, 0.717) is 5.41 Å². The van der Waals surface area contributed by atoms with Crippen LogP contribution >= 0.6 is 0 Å². The fraction of sp³-hybridized carbons (Fsp3) is 1.00. The number of ether oxygens (including phenoxy) is 1. The highest BCUT2D eigenvalue weighted by Crippen LogP contribution is 2.43. The van der Waals surface area contributed by atoms with Crippen molar-refractivity contribution < 1.29 is 4.74 Å². The Bertz CT molecular complexity index is 504. The van der Waals surface area contributed by atoms with Crippen LogP contribution in [-0.2, 0) is 4.74 Å². The van der Waals surface area contributed by atoms with E-state index >= 15 is 0 Å². The fourth-order valence-corrected chi connectivity index (χ4v) is 6.43. The monoisotopic (exact) mass is 448 g/mol. The average molecular weight is 449 g/mol. The van der Waals surface area contributed by atoms with Crippen molar-refractivity contribution in [1.29, 1.82) is 0 Å². The molecular formula is C25H48N6O. The molecule has 0 radical (unpaired) electrons. The SMILES string of the molecule is C1CC2(C1)CNC2.C1CCN2CCNCC2C1.C1NCC12COC2.CN1CC2CC1CN2. The Labute approximate surface area is 195 Å². The van der Waals surface area contributed by atoms with Crippen molar-refractivity contribution in [1.82, 2.24) is 31.1 Å². The molecular weight excluding hydrogens is 400 g/mol. The number of rotatable bonds is 0. The Morgan fingerprint density at radius 1 is 0.812 bits per heavy atom. The Balaban J connectivity index is 0.0000000909. The van der Waals surface area contributed by atoms with Gasteiger partial charge in [0.25, 0.3) is 0 Å². The molecule has 7 saturated heterocycles. The molecule has 2 bridgehead atoms. The molecule has 0 aromatic carbocycles. The normalized spacial score (nSPS) is 37.6. The largest absolute Gasteiger partial charge is 0.380 e. The summed E-state index contributed by atoms with van der Waals surface area (Å²) in [5, 5.41) is 13.4. The Kier molecular flexibility index (Phi) is 7.73. The van der Waals surface area contributed by atoms with Crippen LogP contribution in [0.1, 0.15) is 44.9 Å². The standard InChI is InChI=1S/C8H16N2.C6H12N2.C6H11N.C5H9NO/c1-2-5-10-6-4-9-7-8(10)3-1;1-8-4-5-2-6(8)3-7-5;1-2-6(3-1)4-7-5-6;1-5(2-6-1)3-7-4-5/h8-9H,1-7H2;5-7H,2-4H2,1H3;7H,1-5H2;6H,1-4H2. The molecule has 0 amide bonds. The van der Waals surface area contributed by atoms with Crippen molar-refractivity contribution in [3.63, 3.8) is 0 Å². The third-order valence-corrected chi connectivity index (χ3v) is 9.27. The van der Waals surface area contributed by atoms with Gasteiger partial charge in [-0.15, -0.1) is 0 Å². The third-order valence-electron chi connectivity index (χ3n) is 9.27. The van der Waals surface area contributed by atoms with Crippen LogP contribution in [-0.4, -0.2) is 114 Å². The van der Waals surface area contributed by atoms with Crippen molar-refractivity contribution in [2.75, 3.05) is 85.7 Å². The summed E-state index contributed by atoms with van der Waals surface area (Å²) >= 11 is 0. The van der Waals surface area contributed by atoms with Crippen LogP contribution in [0.15, 0.2) is 0 Å². The Morgan fingerprint density at radius 2 is 1.59 bits per heavy atom. The van der Waals surface area contributed by atoms with Crippen molar-refractivity contribution in [2.24, 2.45) is 10.8 Å².